The van der Waals surface area contributed by atoms with E-state index in [1.165, 1.54) is 43.4 Å². The Balaban J connectivity index is -0.000000214. The fourth-order valence-corrected chi connectivity index (χ4v) is 1.59. The first kappa shape index (κ1) is 22.1. The van der Waals surface area contributed by atoms with Crippen LogP contribution in [0.3, 0.4) is 0 Å². The zero-order chi connectivity index (χ0) is 11.2. The van der Waals surface area contributed by atoms with Gasteiger partial charge in [-0.2, -0.15) is 0 Å². The summed E-state index contributed by atoms with van der Waals surface area (Å²) in [4.78, 5) is 0. The summed E-state index contributed by atoms with van der Waals surface area (Å²) in [5.74, 6) is 0. The summed E-state index contributed by atoms with van der Waals surface area (Å²) >= 11 is 0. The van der Waals surface area contributed by atoms with Gasteiger partial charge in [0.25, 0.3) is 0 Å². The molecule has 0 amide bonds. The van der Waals surface area contributed by atoms with Gasteiger partial charge in [0, 0.05) is 0 Å². The van der Waals surface area contributed by atoms with Crippen LogP contribution in [0.4, 0.5) is 0 Å². The first-order valence-corrected chi connectivity index (χ1v) is 5.89. The molecule has 4 heteroatoms. The molecule has 1 aliphatic rings. The van der Waals surface area contributed by atoms with Gasteiger partial charge in [-0.3, -0.25) is 0 Å². The summed E-state index contributed by atoms with van der Waals surface area (Å²) in [7, 11) is 10.9. The van der Waals surface area contributed by atoms with Crippen LogP contribution in [0.2, 0.25) is 0 Å². The van der Waals surface area contributed by atoms with Crippen molar-refractivity contribution in [3.63, 3.8) is 0 Å². The number of quaternary nitrogens is 2. The Morgan fingerprint density at radius 3 is 1.44 bits per heavy atom. The molecule has 0 aliphatic carbocycles. The number of hydrogen-bond acceptors (Lipinski definition) is 0. The van der Waals surface area contributed by atoms with E-state index in [0.717, 1.165) is 4.48 Å². The highest BCUT2D eigenvalue weighted by atomic mass is 127. The Morgan fingerprint density at radius 2 is 1.25 bits per heavy atom. The fraction of sp³-hybridized carbons (Fsp3) is 1.00. The topological polar surface area (TPSA) is 0 Å². The average Bonchev–Trinajstić information content (AvgIpc) is 2.03. The Kier molecular flexibility index (Phi) is 13.7. The molecular formula is C12H30ClIN2. The molecule has 0 bridgehead atoms. The smallest absolute Gasteiger partial charge is 0.0784 e. The van der Waals surface area contributed by atoms with E-state index in [-0.39, 0.29) is 36.4 Å². The summed E-state index contributed by atoms with van der Waals surface area (Å²) in [5, 5.41) is 0. The standard InChI is InChI=1S/C8H18N.C4H12N.ClH.HI/c1-3-9(2)7-5-4-6-8-9;1-5(2,3)4;;/h3-8H2,1-2H3;1-4H3;2*1H/q2*+1;;/p-2. The third-order valence-corrected chi connectivity index (χ3v) is 2.66. The third kappa shape index (κ3) is 14.9. The average molecular weight is 365 g/mol. The lowest BCUT2D eigenvalue weighted by Gasteiger charge is -2.36. The van der Waals surface area contributed by atoms with Crippen molar-refractivity contribution < 1.29 is 45.3 Å². The molecule has 0 aromatic carbocycles. The molecule has 1 rings (SSSR count). The molecule has 16 heavy (non-hydrogen) atoms. The highest BCUT2D eigenvalue weighted by molar-refractivity contribution is 4.49. The minimum atomic E-state index is 0. The number of likely N-dealkylation sites (tertiary alicyclic amines) is 1. The molecule has 0 aromatic heterocycles. The van der Waals surface area contributed by atoms with Crippen LogP contribution in [-0.2, 0) is 0 Å². The Hall–Kier alpha value is 0.940. The van der Waals surface area contributed by atoms with Crippen molar-refractivity contribution in [2.75, 3.05) is 54.9 Å². The highest BCUT2D eigenvalue weighted by Gasteiger charge is 2.21. The van der Waals surface area contributed by atoms with E-state index in [9.17, 15) is 0 Å². The van der Waals surface area contributed by atoms with Crippen molar-refractivity contribution in [2.45, 2.75) is 26.2 Å². The zero-order valence-electron chi connectivity index (χ0n) is 11.9. The maximum absolute atomic E-state index is 2.37. The predicted octanol–water partition coefficient (Wildman–Crippen LogP) is -4.03. The number of piperidine rings is 1. The van der Waals surface area contributed by atoms with E-state index >= 15 is 0 Å². The molecule has 0 spiro atoms. The van der Waals surface area contributed by atoms with Crippen LogP contribution in [0.25, 0.3) is 0 Å². The van der Waals surface area contributed by atoms with Gasteiger partial charge < -0.3 is 45.3 Å². The Morgan fingerprint density at radius 1 is 0.938 bits per heavy atom. The molecule has 0 radical (unpaired) electrons. The molecule has 0 aromatic rings. The number of halogens is 2. The van der Waals surface area contributed by atoms with Crippen LogP contribution in [0, 0.1) is 0 Å². The van der Waals surface area contributed by atoms with Gasteiger partial charge in [-0.25, -0.2) is 0 Å². The Labute approximate surface area is 126 Å². The maximum Gasteiger partial charge on any atom is 0.0784 e. The minimum Gasteiger partial charge on any atom is -1.00 e. The molecule has 1 fully saturated rings. The lowest BCUT2D eigenvalue weighted by Crippen LogP contribution is -3.00. The quantitative estimate of drug-likeness (QED) is 0.328. The lowest BCUT2D eigenvalue weighted by atomic mass is 10.1. The highest BCUT2D eigenvalue weighted by Crippen LogP contribution is 2.14. The van der Waals surface area contributed by atoms with Crippen molar-refractivity contribution >= 4 is 0 Å². The largest absolute Gasteiger partial charge is 1.00 e. The lowest BCUT2D eigenvalue weighted by molar-refractivity contribution is -0.912. The minimum absolute atomic E-state index is 0. The zero-order valence-corrected chi connectivity index (χ0v) is 14.8. The van der Waals surface area contributed by atoms with E-state index in [2.05, 4.69) is 42.2 Å². The van der Waals surface area contributed by atoms with Gasteiger partial charge in [-0.15, -0.1) is 0 Å². The molecular weight excluding hydrogens is 335 g/mol. The molecule has 1 aliphatic heterocycles. The molecule has 1 saturated heterocycles. The normalized spacial score (nSPS) is 18.4. The van der Waals surface area contributed by atoms with E-state index in [4.69, 9.17) is 0 Å². The summed E-state index contributed by atoms with van der Waals surface area (Å²) < 4.78 is 2.32. The first-order chi connectivity index (χ1) is 6.27. The van der Waals surface area contributed by atoms with Gasteiger partial charge in [-0.1, -0.05) is 0 Å². The van der Waals surface area contributed by atoms with Gasteiger partial charge in [0.15, 0.2) is 0 Å². The SMILES string of the molecule is CC[N+]1(C)CCCCC1.C[N+](C)(C)C.[Cl-].[I-]. The van der Waals surface area contributed by atoms with E-state index in [0.29, 0.717) is 0 Å². The summed E-state index contributed by atoms with van der Waals surface area (Å²) in [6.07, 6.45) is 4.36. The Bertz CT molecular complexity index is 146. The van der Waals surface area contributed by atoms with Crippen LogP contribution in [0.15, 0.2) is 0 Å². The third-order valence-electron chi connectivity index (χ3n) is 2.66. The molecule has 0 saturated carbocycles. The molecule has 0 N–H and O–H groups in total. The molecule has 0 unspecified atom stereocenters. The van der Waals surface area contributed by atoms with Crippen molar-refractivity contribution in [1.82, 2.24) is 0 Å². The number of rotatable bonds is 1. The summed E-state index contributed by atoms with van der Waals surface area (Å²) in [6.45, 7) is 6.44. The molecule has 2 nitrogen and oxygen atoms in total. The second-order valence-electron chi connectivity index (χ2n) is 6.13. The van der Waals surface area contributed by atoms with Crippen LogP contribution in [0.5, 0.6) is 0 Å². The number of hydrogen-bond donors (Lipinski definition) is 0. The van der Waals surface area contributed by atoms with Gasteiger partial charge in [-0.05, 0) is 26.2 Å². The second kappa shape index (κ2) is 9.92. The van der Waals surface area contributed by atoms with Gasteiger partial charge >= 0.3 is 0 Å². The monoisotopic (exact) mass is 364 g/mol. The number of nitrogens with zero attached hydrogens (tertiary/aromatic N) is 2. The van der Waals surface area contributed by atoms with Crippen LogP contribution in [-0.4, -0.2) is 63.8 Å². The maximum atomic E-state index is 2.37. The molecule has 1 heterocycles. The van der Waals surface area contributed by atoms with E-state index in [1.807, 2.05) is 0 Å². The van der Waals surface area contributed by atoms with Crippen molar-refractivity contribution in [3.8, 4) is 0 Å². The van der Waals surface area contributed by atoms with Crippen molar-refractivity contribution in [2.24, 2.45) is 0 Å². The predicted molar refractivity (Wildman–Crippen MR) is 64.3 cm³/mol. The summed E-state index contributed by atoms with van der Waals surface area (Å²) in [5.41, 5.74) is 0. The van der Waals surface area contributed by atoms with Gasteiger partial charge in [0.05, 0.1) is 54.9 Å². The van der Waals surface area contributed by atoms with Crippen LogP contribution >= 0.6 is 0 Å². The van der Waals surface area contributed by atoms with Crippen LogP contribution < -0.4 is 36.4 Å². The second-order valence-corrected chi connectivity index (χ2v) is 6.13. The van der Waals surface area contributed by atoms with E-state index < -0.39 is 0 Å². The van der Waals surface area contributed by atoms with E-state index in [1.54, 1.807) is 0 Å². The molecule has 0 atom stereocenters. The summed E-state index contributed by atoms with van der Waals surface area (Å²) in [6, 6.07) is 0. The van der Waals surface area contributed by atoms with Gasteiger partial charge in [0.2, 0.25) is 0 Å². The van der Waals surface area contributed by atoms with Crippen molar-refractivity contribution in [3.05, 3.63) is 0 Å². The van der Waals surface area contributed by atoms with Gasteiger partial charge in [0.1, 0.15) is 0 Å². The van der Waals surface area contributed by atoms with Crippen LogP contribution in [0.1, 0.15) is 26.2 Å². The first-order valence-electron chi connectivity index (χ1n) is 5.89. The fourth-order valence-electron chi connectivity index (χ4n) is 1.59. The molecule has 102 valence electrons. The van der Waals surface area contributed by atoms with Crippen molar-refractivity contribution in [1.29, 1.82) is 0 Å².